The average molecular weight is 451 g/mol. The fourth-order valence-corrected chi connectivity index (χ4v) is 5.27. The summed E-state index contributed by atoms with van der Waals surface area (Å²) >= 11 is 0. The molecule has 0 unspecified atom stereocenters. The Morgan fingerprint density at radius 3 is 2.00 bits per heavy atom. The standard InChI is InChI=1S/C34H23F/c1-3-8-22(4-2)31-21-32(23-9-6-5-7-10-23)30-20-19-28-27(24-11-15-26(35)16-12-24)17-13-25-14-18-29(31)34(30)33(25)28/h3-21H,1-2H2/b22-8+. The molecule has 0 aliphatic carbocycles. The van der Waals surface area contributed by atoms with Crippen molar-refractivity contribution in [1.82, 2.24) is 0 Å². The summed E-state index contributed by atoms with van der Waals surface area (Å²) in [7, 11) is 0. The van der Waals surface area contributed by atoms with Gasteiger partial charge < -0.3 is 0 Å². The lowest BCUT2D eigenvalue weighted by Crippen LogP contribution is -1.93. The molecule has 0 radical (unpaired) electrons. The molecule has 1 heteroatoms. The Bertz CT molecular complexity index is 1750. The first-order valence-electron chi connectivity index (χ1n) is 11.7. The van der Waals surface area contributed by atoms with Gasteiger partial charge in [-0.1, -0.05) is 110 Å². The van der Waals surface area contributed by atoms with E-state index in [-0.39, 0.29) is 5.82 Å². The van der Waals surface area contributed by atoms with Crippen molar-refractivity contribution in [2.75, 3.05) is 0 Å². The highest BCUT2D eigenvalue weighted by Crippen LogP contribution is 2.44. The molecule has 0 fully saturated rings. The van der Waals surface area contributed by atoms with E-state index in [4.69, 9.17) is 0 Å². The SMILES string of the molecule is C=C/C=C(\C=C)c1cc(-c2ccccc2)c2ccc3c(-c4ccc(F)cc4)ccc4ccc1c2c43. The highest BCUT2D eigenvalue weighted by molar-refractivity contribution is 6.29. The predicted molar refractivity (Wildman–Crippen MR) is 149 cm³/mol. The second kappa shape index (κ2) is 8.38. The van der Waals surface area contributed by atoms with Crippen LogP contribution in [0.3, 0.4) is 0 Å². The topological polar surface area (TPSA) is 0 Å². The highest BCUT2D eigenvalue weighted by atomic mass is 19.1. The largest absolute Gasteiger partial charge is 0.207 e. The second-order valence-electron chi connectivity index (χ2n) is 8.77. The van der Waals surface area contributed by atoms with E-state index in [2.05, 4.69) is 79.9 Å². The molecule has 0 nitrogen and oxygen atoms in total. The minimum absolute atomic E-state index is 0.227. The van der Waals surface area contributed by atoms with E-state index in [0.29, 0.717) is 0 Å². The second-order valence-corrected chi connectivity index (χ2v) is 8.77. The maximum atomic E-state index is 13.6. The van der Waals surface area contributed by atoms with Crippen LogP contribution >= 0.6 is 0 Å². The zero-order valence-electron chi connectivity index (χ0n) is 19.3. The van der Waals surface area contributed by atoms with Gasteiger partial charge in [-0.15, -0.1) is 0 Å². The fraction of sp³-hybridized carbons (Fsp3) is 0. The van der Waals surface area contributed by atoms with E-state index in [1.54, 1.807) is 0 Å². The van der Waals surface area contributed by atoms with Crippen LogP contribution in [0.25, 0.3) is 60.1 Å². The summed E-state index contributed by atoms with van der Waals surface area (Å²) in [6.45, 7) is 8.00. The van der Waals surface area contributed by atoms with Crippen LogP contribution in [-0.2, 0) is 0 Å². The van der Waals surface area contributed by atoms with Gasteiger partial charge in [-0.25, -0.2) is 4.39 Å². The van der Waals surface area contributed by atoms with Crippen LogP contribution in [-0.4, -0.2) is 0 Å². The van der Waals surface area contributed by atoms with Crippen molar-refractivity contribution in [2.24, 2.45) is 0 Å². The Morgan fingerprint density at radius 1 is 0.629 bits per heavy atom. The summed E-state index contributed by atoms with van der Waals surface area (Å²) in [5.41, 5.74) is 6.64. The van der Waals surface area contributed by atoms with Crippen molar-refractivity contribution in [3.8, 4) is 22.3 Å². The molecule has 35 heavy (non-hydrogen) atoms. The lowest BCUT2D eigenvalue weighted by Gasteiger charge is -2.19. The normalized spacial score (nSPS) is 12.0. The van der Waals surface area contributed by atoms with E-state index < -0.39 is 0 Å². The molecule has 0 bridgehead atoms. The van der Waals surface area contributed by atoms with Crippen LogP contribution in [0, 0.1) is 5.82 Å². The minimum atomic E-state index is -0.227. The van der Waals surface area contributed by atoms with Crippen LogP contribution in [0.5, 0.6) is 0 Å². The van der Waals surface area contributed by atoms with Gasteiger partial charge in [-0.2, -0.15) is 0 Å². The molecule has 0 aliphatic rings. The smallest absolute Gasteiger partial charge is 0.123 e. The van der Waals surface area contributed by atoms with Gasteiger partial charge in [0, 0.05) is 0 Å². The Balaban J connectivity index is 1.80. The summed E-state index contributed by atoms with van der Waals surface area (Å²) in [6.07, 6.45) is 5.72. The third kappa shape index (κ3) is 3.36. The Hall–Kier alpha value is -4.49. The molecule has 6 aromatic rings. The van der Waals surface area contributed by atoms with Crippen LogP contribution < -0.4 is 0 Å². The zero-order chi connectivity index (χ0) is 23.9. The number of hydrogen-bond donors (Lipinski definition) is 0. The number of benzene rings is 6. The molecule has 0 saturated heterocycles. The lowest BCUT2D eigenvalue weighted by molar-refractivity contribution is 0.628. The first-order chi connectivity index (χ1) is 17.2. The third-order valence-electron chi connectivity index (χ3n) is 6.85. The maximum Gasteiger partial charge on any atom is 0.123 e. The molecule has 0 aliphatic heterocycles. The summed E-state index contributed by atoms with van der Waals surface area (Å²) in [5, 5.41) is 7.21. The van der Waals surface area contributed by atoms with Gasteiger partial charge in [0.25, 0.3) is 0 Å². The van der Waals surface area contributed by atoms with Gasteiger partial charge in [-0.3, -0.25) is 0 Å². The van der Waals surface area contributed by atoms with Gasteiger partial charge in [0.1, 0.15) is 5.82 Å². The number of rotatable bonds is 5. The minimum Gasteiger partial charge on any atom is -0.207 e. The van der Waals surface area contributed by atoms with Crippen LogP contribution in [0.2, 0.25) is 0 Å². The summed E-state index contributed by atoms with van der Waals surface area (Å²) < 4.78 is 13.6. The first-order valence-corrected chi connectivity index (χ1v) is 11.7. The van der Waals surface area contributed by atoms with Crippen molar-refractivity contribution < 1.29 is 4.39 Å². The van der Waals surface area contributed by atoms with Crippen LogP contribution in [0.15, 0.2) is 128 Å². The zero-order valence-corrected chi connectivity index (χ0v) is 19.3. The van der Waals surface area contributed by atoms with Gasteiger partial charge in [0.05, 0.1) is 0 Å². The van der Waals surface area contributed by atoms with Crippen molar-refractivity contribution >= 4 is 37.9 Å². The van der Waals surface area contributed by atoms with E-state index in [0.717, 1.165) is 27.6 Å². The molecule has 0 heterocycles. The molecule has 0 N–H and O–H groups in total. The van der Waals surface area contributed by atoms with Gasteiger partial charge >= 0.3 is 0 Å². The van der Waals surface area contributed by atoms with Crippen LogP contribution in [0.4, 0.5) is 4.39 Å². The number of allylic oxidation sites excluding steroid dienone is 4. The predicted octanol–water partition coefficient (Wildman–Crippen LogP) is 9.81. The molecule has 6 aromatic carbocycles. The maximum absolute atomic E-state index is 13.6. The lowest BCUT2D eigenvalue weighted by atomic mass is 9.84. The molecule has 6 rings (SSSR count). The van der Waals surface area contributed by atoms with E-state index in [1.165, 1.54) is 50.2 Å². The van der Waals surface area contributed by atoms with Crippen molar-refractivity contribution in [3.63, 3.8) is 0 Å². The van der Waals surface area contributed by atoms with Crippen LogP contribution in [0.1, 0.15) is 5.56 Å². The van der Waals surface area contributed by atoms with Gasteiger partial charge in [0.2, 0.25) is 0 Å². The summed E-state index contributed by atoms with van der Waals surface area (Å²) in [6, 6.07) is 32.7. The third-order valence-corrected chi connectivity index (χ3v) is 6.85. The Labute approximate surface area is 204 Å². The van der Waals surface area contributed by atoms with E-state index in [1.807, 2.05) is 36.4 Å². The van der Waals surface area contributed by atoms with Crippen molar-refractivity contribution in [3.05, 3.63) is 140 Å². The molecule has 0 spiro atoms. The molecular weight excluding hydrogens is 427 g/mol. The molecule has 0 amide bonds. The van der Waals surface area contributed by atoms with Gasteiger partial charge in [0.15, 0.2) is 0 Å². The van der Waals surface area contributed by atoms with Gasteiger partial charge in [-0.05, 0) is 83.9 Å². The quantitative estimate of drug-likeness (QED) is 0.181. The van der Waals surface area contributed by atoms with E-state index >= 15 is 0 Å². The monoisotopic (exact) mass is 450 g/mol. The average Bonchev–Trinajstić information content (AvgIpc) is 2.91. The Morgan fingerprint density at radius 2 is 1.29 bits per heavy atom. The molecular formula is C34H23F. The van der Waals surface area contributed by atoms with E-state index in [9.17, 15) is 4.39 Å². The molecule has 0 saturated carbocycles. The first kappa shape index (κ1) is 21.1. The summed E-state index contributed by atoms with van der Waals surface area (Å²) in [5.74, 6) is -0.227. The highest BCUT2D eigenvalue weighted by Gasteiger charge is 2.18. The molecule has 0 aromatic heterocycles. The number of halogens is 1. The number of hydrogen-bond acceptors (Lipinski definition) is 0. The molecule has 166 valence electrons. The van der Waals surface area contributed by atoms with Crippen molar-refractivity contribution in [2.45, 2.75) is 0 Å². The summed E-state index contributed by atoms with van der Waals surface area (Å²) in [4.78, 5) is 0. The van der Waals surface area contributed by atoms with Crippen molar-refractivity contribution in [1.29, 1.82) is 0 Å². The fourth-order valence-electron chi connectivity index (χ4n) is 5.27. The molecule has 0 atom stereocenters. The Kier molecular flexibility index (Phi) is 5.04.